The van der Waals surface area contributed by atoms with E-state index < -0.39 is 40.2 Å². The summed E-state index contributed by atoms with van der Waals surface area (Å²) in [6.45, 7) is 3.35. The predicted octanol–water partition coefficient (Wildman–Crippen LogP) is 3.58. The maximum absolute atomic E-state index is 13.7. The van der Waals surface area contributed by atoms with E-state index in [9.17, 15) is 22.4 Å². The van der Waals surface area contributed by atoms with Crippen molar-refractivity contribution in [1.82, 2.24) is 10.2 Å². The number of carbonyl (C=O) groups excluding carboxylic acids is 2. The Morgan fingerprint density at radius 1 is 0.973 bits per heavy atom. The van der Waals surface area contributed by atoms with E-state index in [1.54, 1.807) is 19.1 Å². The molecule has 3 aromatic rings. The van der Waals surface area contributed by atoms with Crippen molar-refractivity contribution in [3.63, 3.8) is 0 Å². The first-order valence-electron chi connectivity index (χ1n) is 11.7. The number of anilines is 1. The van der Waals surface area contributed by atoms with E-state index in [2.05, 4.69) is 5.32 Å². The number of halogens is 1. The van der Waals surface area contributed by atoms with Gasteiger partial charge in [0.15, 0.2) is 0 Å². The van der Waals surface area contributed by atoms with Crippen molar-refractivity contribution >= 4 is 27.5 Å². The van der Waals surface area contributed by atoms with Gasteiger partial charge in [0.2, 0.25) is 11.8 Å². The van der Waals surface area contributed by atoms with Crippen LogP contribution in [0.2, 0.25) is 0 Å². The van der Waals surface area contributed by atoms with Crippen LogP contribution in [0.4, 0.5) is 10.1 Å². The summed E-state index contributed by atoms with van der Waals surface area (Å²) in [7, 11) is -2.80. The van der Waals surface area contributed by atoms with Crippen LogP contribution in [-0.4, -0.2) is 51.4 Å². The van der Waals surface area contributed by atoms with E-state index in [0.29, 0.717) is 12.4 Å². The Bertz CT molecular complexity index is 1300. The number of ether oxygens (including phenoxy) is 1. The minimum Gasteiger partial charge on any atom is -0.494 e. The van der Waals surface area contributed by atoms with Crippen LogP contribution in [-0.2, 0) is 26.2 Å². The largest absolute Gasteiger partial charge is 0.494 e. The Kier molecular flexibility index (Phi) is 9.24. The molecule has 196 valence electrons. The van der Waals surface area contributed by atoms with E-state index in [0.717, 1.165) is 34.1 Å². The maximum Gasteiger partial charge on any atom is 0.264 e. The lowest BCUT2D eigenvalue weighted by Gasteiger charge is -2.31. The lowest BCUT2D eigenvalue weighted by atomic mass is 10.1. The third kappa shape index (κ3) is 6.85. The lowest BCUT2D eigenvalue weighted by molar-refractivity contribution is -0.139. The minimum absolute atomic E-state index is 0.0992. The molecule has 1 N–H and O–H groups in total. The highest BCUT2D eigenvalue weighted by molar-refractivity contribution is 7.92. The fraction of sp³-hybridized carbons (Fsp3) is 0.259. The number of nitrogens with one attached hydrogen (secondary N) is 1. The van der Waals surface area contributed by atoms with E-state index in [1.165, 1.54) is 24.1 Å². The van der Waals surface area contributed by atoms with E-state index in [1.807, 2.05) is 37.3 Å². The second kappa shape index (κ2) is 12.4. The van der Waals surface area contributed by atoms with Crippen molar-refractivity contribution in [2.24, 2.45) is 0 Å². The van der Waals surface area contributed by atoms with Crippen LogP contribution in [0.15, 0.2) is 83.8 Å². The molecule has 0 heterocycles. The fourth-order valence-electron chi connectivity index (χ4n) is 3.71. The molecule has 3 aromatic carbocycles. The number of likely N-dealkylation sites (N-methyl/N-ethyl adjacent to an activating group) is 1. The summed E-state index contributed by atoms with van der Waals surface area (Å²) in [5.41, 5.74) is 0.994. The van der Waals surface area contributed by atoms with Crippen molar-refractivity contribution in [2.45, 2.75) is 31.3 Å². The predicted molar refractivity (Wildman–Crippen MR) is 139 cm³/mol. The Labute approximate surface area is 216 Å². The maximum atomic E-state index is 13.7. The van der Waals surface area contributed by atoms with Crippen molar-refractivity contribution < 1.29 is 27.1 Å². The summed E-state index contributed by atoms with van der Waals surface area (Å²) in [5, 5.41) is 2.54. The van der Waals surface area contributed by atoms with Gasteiger partial charge in [0.1, 0.15) is 24.2 Å². The lowest BCUT2D eigenvalue weighted by Crippen LogP contribution is -2.50. The molecule has 0 bridgehead atoms. The third-order valence-corrected chi connectivity index (χ3v) is 7.51. The smallest absolute Gasteiger partial charge is 0.264 e. The molecule has 0 aliphatic carbocycles. The van der Waals surface area contributed by atoms with Crippen molar-refractivity contribution in [2.75, 3.05) is 24.5 Å². The summed E-state index contributed by atoms with van der Waals surface area (Å²) in [5.74, 6) is -1.02. The summed E-state index contributed by atoms with van der Waals surface area (Å²) in [4.78, 5) is 27.3. The van der Waals surface area contributed by atoms with Gasteiger partial charge >= 0.3 is 0 Å². The first-order valence-corrected chi connectivity index (χ1v) is 13.2. The number of nitrogens with zero attached hydrogens (tertiary/aromatic N) is 2. The molecule has 0 spiro atoms. The van der Waals surface area contributed by atoms with Crippen LogP contribution in [0, 0.1) is 5.82 Å². The van der Waals surface area contributed by atoms with Gasteiger partial charge in [-0.05, 0) is 67.9 Å². The minimum atomic E-state index is -4.27. The normalized spacial score (nSPS) is 11.9. The van der Waals surface area contributed by atoms with Gasteiger partial charge in [0.25, 0.3) is 10.0 Å². The number of carbonyl (C=O) groups is 2. The number of hydrogen-bond acceptors (Lipinski definition) is 5. The van der Waals surface area contributed by atoms with Crippen LogP contribution in [0.3, 0.4) is 0 Å². The number of benzene rings is 3. The van der Waals surface area contributed by atoms with Crippen LogP contribution in [0.1, 0.15) is 19.4 Å². The van der Waals surface area contributed by atoms with Crippen LogP contribution < -0.4 is 14.4 Å². The molecule has 0 aliphatic rings. The highest BCUT2D eigenvalue weighted by Gasteiger charge is 2.32. The number of sulfonamides is 1. The zero-order chi connectivity index (χ0) is 27.0. The average molecular weight is 528 g/mol. The highest BCUT2D eigenvalue weighted by atomic mass is 32.2. The third-order valence-electron chi connectivity index (χ3n) is 5.73. The fourth-order valence-corrected chi connectivity index (χ4v) is 5.12. The van der Waals surface area contributed by atoms with Crippen molar-refractivity contribution in [3.05, 3.63) is 90.2 Å². The SMILES string of the molecule is CCOc1ccc(N(CC(=O)N(Cc2ccccc2)[C@@H](C)C(=O)NC)S(=O)(=O)c2ccc(F)cc2)cc1. The molecular formula is C27H30FN3O5S. The second-order valence-electron chi connectivity index (χ2n) is 8.19. The molecule has 0 radical (unpaired) electrons. The van der Waals surface area contributed by atoms with Crippen LogP contribution in [0.5, 0.6) is 5.75 Å². The molecule has 1 atom stereocenters. The van der Waals surface area contributed by atoms with E-state index >= 15 is 0 Å². The van der Waals surface area contributed by atoms with Crippen molar-refractivity contribution in [3.8, 4) is 5.75 Å². The number of amides is 2. The van der Waals surface area contributed by atoms with Crippen molar-refractivity contribution in [1.29, 1.82) is 0 Å². The molecule has 0 unspecified atom stereocenters. The van der Waals surface area contributed by atoms with Gasteiger partial charge < -0.3 is 15.0 Å². The second-order valence-corrected chi connectivity index (χ2v) is 10.1. The summed E-state index contributed by atoms with van der Waals surface area (Å²) in [6.07, 6.45) is 0. The average Bonchev–Trinajstić information content (AvgIpc) is 2.91. The van der Waals surface area contributed by atoms with Gasteiger partial charge in [-0.25, -0.2) is 12.8 Å². The Balaban J connectivity index is 2.02. The molecule has 0 fully saturated rings. The first kappa shape index (κ1) is 27.7. The van der Waals surface area contributed by atoms with Gasteiger partial charge in [0.05, 0.1) is 17.2 Å². The Morgan fingerprint density at radius 2 is 1.59 bits per heavy atom. The van der Waals surface area contributed by atoms with Gasteiger partial charge in [-0.3, -0.25) is 13.9 Å². The van der Waals surface area contributed by atoms with Gasteiger partial charge in [-0.1, -0.05) is 30.3 Å². The molecule has 3 rings (SSSR count). The molecular weight excluding hydrogens is 497 g/mol. The zero-order valence-corrected chi connectivity index (χ0v) is 21.7. The van der Waals surface area contributed by atoms with Gasteiger partial charge in [-0.15, -0.1) is 0 Å². The summed E-state index contributed by atoms with van der Waals surface area (Å²) >= 11 is 0. The standard InChI is InChI=1S/C27H30FN3O5S/c1-4-36-24-14-12-23(13-15-24)31(37(34,35)25-16-10-22(28)11-17-25)19-26(32)30(20(2)27(33)29-3)18-21-8-6-5-7-9-21/h5-17,20H,4,18-19H2,1-3H3,(H,29,33)/t20-/m0/s1. The molecule has 0 saturated carbocycles. The quantitative estimate of drug-likeness (QED) is 0.411. The number of rotatable bonds is 11. The molecule has 0 aromatic heterocycles. The first-order chi connectivity index (χ1) is 17.7. The highest BCUT2D eigenvalue weighted by Crippen LogP contribution is 2.27. The molecule has 0 aliphatic heterocycles. The van der Waals surface area contributed by atoms with Crippen LogP contribution in [0.25, 0.3) is 0 Å². The molecule has 2 amide bonds. The number of hydrogen-bond donors (Lipinski definition) is 1. The Hall–Kier alpha value is -3.92. The zero-order valence-electron chi connectivity index (χ0n) is 20.9. The molecule has 37 heavy (non-hydrogen) atoms. The van der Waals surface area contributed by atoms with Gasteiger partial charge in [0, 0.05) is 13.6 Å². The van der Waals surface area contributed by atoms with E-state index in [4.69, 9.17) is 4.74 Å². The van der Waals surface area contributed by atoms with E-state index in [-0.39, 0.29) is 17.1 Å². The van der Waals surface area contributed by atoms with Gasteiger partial charge in [-0.2, -0.15) is 0 Å². The summed E-state index contributed by atoms with van der Waals surface area (Å²) < 4.78 is 47.2. The summed E-state index contributed by atoms with van der Waals surface area (Å²) in [6, 6.07) is 18.9. The molecule has 10 heteroatoms. The molecule has 8 nitrogen and oxygen atoms in total. The Morgan fingerprint density at radius 3 is 2.16 bits per heavy atom. The topological polar surface area (TPSA) is 96.0 Å². The molecule has 0 saturated heterocycles. The van der Waals surface area contributed by atoms with Crippen LogP contribution >= 0.6 is 0 Å². The monoisotopic (exact) mass is 527 g/mol.